The van der Waals surface area contributed by atoms with E-state index in [2.05, 4.69) is 10.2 Å². The Bertz CT molecular complexity index is 1040. The van der Waals surface area contributed by atoms with Gasteiger partial charge in [0.25, 0.3) is 5.91 Å². The molecule has 2 aromatic rings. The van der Waals surface area contributed by atoms with Gasteiger partial charge in [0.2, 0.25) is 11.8 Å². The van der Waals surface area contributed by atoms with Gasteiger partial charge in [-0.1, -0.05) is 23.7 Å². The van der Waals surface area contributed by atoms with Crippen molar-refractivity contribution < 1.29 is 14.4 Å². The third kappa shape index (κ3) is 4.43. The minimum Gasteiger partial charge on any atom is -0.358 e. The van der Waals surface area contributed by atoms with Crippen molar-refractivity contribution in [1.82, 2.24) is 10.2 Å². The molecule has 1 fully saturated rings. The lowest BCUT2D eigenvalue weighted by atomic mass is 9.95. The first kappa shape index (κ1) is 22.1. The SMILES string of the molecule is CN(C)C(=O)c1ccc2c(c1)N(CC(=O)NCc1ccc(Cl)cc1)C(=O)[C@@H]1CCCCN21. The monoisotopic (exact) mass is 454 g/mol. The summed E-state index contributed by atoms with van der Waals surface area (Å²) < 4.78 is 0. The third-order valence-electron chi connectivity index (χ3n) is 5.99. The number of piperidine rings is 1. The van der Waals surface area contributed by atoms with Crippen LogP contribution in [-0.2, 0) is 16.1 Å². The van der Waals surface area contributed by atoms with Crippen molar-refractivity contribution in [1.29, 1.82) is 0 Å². The summed E-state index contributed by atoms with van der Waals surface area (Å²) in [7, 11) is 3.38. The van der Waals surface area contributed by atoms with Gasteiger partial charge in [-0.05, 0) is 55.2 Å². The van der Waals surface area contributed by atoms with Gasteiger partial charge in [0.05, 0.1) is 11.4 Å². The molecule has 4 rings (SSSR count). The first-order valence-corrected chi connectivity index (χ1v) is 11.2. The minimum atomic E-state index is -0.268. The molecule has 0 unspecified atom stereocenters. The van der Waals surface area contributed by atoms with Gasteiger partial charge >= 0.3 is 0 Å². The standard InChI is InChI=1S/C24H27ClN4O3/c1-27(2)23(31)17-8-11-19-21(13-17)29(24(32)20-5-3-4-12-28(19)20)15-22(30)26-14-16-6-9-18(25)10-7-16/h6-11,13,20H,3-5,12,14-15H2,1-2H3,(H,26,30)/t20-/m0/s1. The summed E-state index contributed by atoms with van der Waals surface area (Å²) in [5.74, 6) is -0.491. The van der Waals surface area contributed by atoms with Gasteiger partial charge in [0, 0.05) is 37.8 Å². The highest BCUT2D eigenvalue weighted by Crippen LogP contribution is 2.40. The number of amides is 3. The fourth-order valence-electron chi connectivity index (χ4n) is 4.31. The van der Waals surface area contributed by atoms with Gasteiger partial charge < -0.3 is 15.1 Å². The van der Waals surface area contributed by atoms with Crippen LogP contribution in [0, 0.1) is 0 Å². The van der Waals surface area contributed by atoms with E-state index in [0.717, 1.165) is 37.1 Å². The van der Waals surface area contributed by atoms with Crippen LogP contribution in [0.15, 0.2) is 42.5 Å². The molecule has 0 spiro atoms. The van der Waals surface area contributed by atoms with Crippen LogP contribution in [0.5, 0.6) is 0 Å². The van der Waals surface area contributed by atoms with E-state index in [1.807, 2.05) is 18.2 Å². The molecule has 32 heavy (non-hydrogen) atoms. The normalized spacial score (nSPS) is 17.5. The summed E-state index contributed by atoms with van der Waals surface area (Å²) in [5, 5.41) is 3.51. The second kappa shape index (κ2) is 9.20. The Morgan fingerprint density at radius 2 is 1.84 bits per heavy atom. The Balaban J connectivity index is 1.59. The lowest BCUT2D eigenvalue weighted by Gasteiger charge is -2.45. The van der Waals surface area contributed by atoms with Gasteiger partial charge in [-0.25, -0.2) is 0 Å². The minimum absolute atomic E-state index is 0.0895. The Labute approximate surface area is 192 Å². The van der Waals surface area contributed by atoms with Crippen molar-refractivity contribution in [3.05, 3.63) is 58.6 Å². The summed E-state index contributed by atoms with van der Waals surface area (Å²) in [6.45, 7) is 1.05. The number of anilines is 2. The molecule has 0 radical (unpaired) electrons. The maximum Gasteiger partial charge on any atom is 0.253 e. The highest BCUT2D eigenvalue weighted by molar-refractivity contribution is 6.30. The van der Waals surface area contributed by atoms with Crippen LogP contribution in [-0.4, -0.2) is 55.8 Å². The van der Waals surface area contributed by atoms with E-state index in [1.54, 1.807) is 38.4 Å². The van der Waals surface area contributed by atoms with E-state index in [9.17, 15) is 14.4 Å². The molecule has 0 aliphatic carbocycles. The zero-order chi connectivity index (χ0) is 22.8. The van der Waals surface area contributed by atoms with Crippen LogP contribution in [0.2, 0.25) is 5.02 Å². The van der Waals surface area contributed by atoms with Gasteiger partial charge in [-0.15, -0.1) is 0 Å². The summed E-state index contributed by atoms with van der Waals surface area (Å²) in [6.07, 6.45) is 2.76. The molecule has 2 aliphatic rings. The number of halogens is 1. The Hall–Kier alpha value is -3.06. The molecule has 8 heteroatoms. The predicted octanol–water partition coefficient (Wildman–Crippen LogP) is 3.06. The molecule has 0 saturated carbocycles. The average molecular weight is 455 g/mol. The summed E-state index contributed by atoms with van der Waals surface area (Å²) in [6, 6.07) is 12.4. The highest BCUT2D eigenvalue weighted by Gasteiger charge is 2.40. The van der Waals surface area contributed by atoms with Crippen LogP contribution < -0.4 is 15.1 Å². The van der Waals surface area contributed by atoms with Crippen molar-refractivity contribution >= 4 is 40.7 Å². The molecule has 1 N–H and O–H groups in total. The number of nitrogens with one attached hydrogen (secondary N) is 1. The first-order valence-electron chi connectivity index (χ1n) is 10.8. The molecule has 1 saturated heterocycles. The zero-order valence-electron chi connectivity index (χ0n) is 18.3. The Kier molecular flexibility index (Phi) is 6.37. The smallest absolute Gasteiger partial charge is 0.253 e. The van der Waals surface area contributed by atoms with E-state index in [0.29, 0.717) is 22.8 Å². The second-order valence-electron chi connectivity index (χ2n) is 8.44. The van der Waals surface area contributed by atoms with Gasteiger partial charge in [-0.3, -0.25) is 19.3 Å². The van der Waals surface area contributed by atoms with Crippen LogP contribution in [0.1, 0.15) is 35.2 Å². The van der Waals surface area contributed by atoms with Crippen molar-refractivity contribution in [2.45, 2.75) is 31.8 Å². The number of fused-ring (bicyclic) bond motifs is 3. The molecule has 2 heterocycles. The summed E-state index contributed by atoms with van der Waals surface area (Å²) >= 11 is 5.92. The van der Waals surface area contributed by atoms with Crippen LogP contribution in [0.4, 0.5) is 11.4 Å². The zero-order valence-corrected chi connectivity index (χ0v) is 19.1. The molecule has 168 valence electrons. The van der Waals surface area contributed by atoms with E-state index < -0.39 is 0 Å². The fraction of sp³-hybridized carbons (Fsp3) is 0.375. The van der Waals surface area contributed by atoms with Gasteiger partial charge in [0.15, 0.2) is 0 Å². The predicted molar refractivity (Wildman–Crippen MR) is 125 cm³/mol. The molecule has 2 aliphatic heterocycles. The molecule has 0 bridgehead atoms. The molecule has 0 aromatic heterocycles. The lowest BCUT2D eigenvalue weighted by molar-refractivity contribution is -0.125. The second-order valence-corrected chi connectivity index (χ2v) is 8.87. The first-order chi connectivity index (χ1) is 15.3. The quantitative estimate of drug-likeness (QED) is 0.753. The van der Waals surface area contributed by atoms with Crippen LogP contribution in [0.25, 0.3) is 0 Å². The molecular formula is C24H27ClN4O3. The number of benzene rings is 2. The fourth-order valence-corrected chi connectivity index (χ4v) is 4.44. The average Bonchev–Trinajstić information content (AvgIpc) is 2.80. The highest BCUT2D eigenvalue weighted by atomic mass is 35.5. The van der Waals surface area contributed by atoms with E-state index in [-0.39, 0.29) is 30.3 Å². The molecule has 1 atom stereocenters. The van der Waals surface area contributed by atoms with E-state index in [4.69, 9.17) is 11.6 Å². The van der Waals surface area contributed by atoms with Crippen LogP contribution >= 0.6 is 11.6 Å². The number of hydrogen-bond donors (Lipinski definition) is 1. The number of carbonyl (C=O) groups excluding carboxylic acids is 3. The Morgan fingerprint density at radius 3 is 2.56 bits per heavy atom. The van der Waals surface area contributed by atoms with Crippen molar-refractivity contribution in [2.24, 2.45) is 0 Å². The van der Waals surface area contributed by atoms with Crippen molar-refractivity contribution in [2.75, 3.05) is 37.0 Å². The van der Waals surface area contributed by atoms with Crippen molar-refractivity contribution in [3.8, 4) is 0 Å². The summed E-state index contributed by atoms with van der Waals surface area (Å²) in [5.41, 5.74) is 2.92. The molecule has 2 aromatic carbocycles. The van der Waals surface area contributed by atoms with Gasteiger partial charge in [0.1, 0.15) is 12.6 Å². The van der Waals surface area contributed by atoms with E-state index >= 15 is 0 Å². The number of nitrogens with zero attached hydrogens (tertiary/aromatic N) is 3. The Morgan fingerprint density at radius 1 is 1.09 bits per heavy atom. The number of carbonyl (C=O) groups is 3. The van der Waals surface area contributed by atoms with E-state index in [1.165, 1.54) is 9.80 Å². The van der Waals surface area contributed by atoms with Gasteiger partial charge in [-0.2, -0.15) is 0 Å². The topological polar surface area (TPSA) is 73.0 Å². The number of hydrogen-bond acceptors (Lipinski definition) is 4. The molecular weight excluding hydrogens is 428 g/mol. The molecule has 3 amide bonds. The maximum absolute atomic E-state index is 13.4. The van der Waals surface area contributed by atoms with Crippen LogP contribution in [0.3, 0.4) is 0 Å². The summed E-state index contributed by atoms with van der Waals surface area (Å²) in [4.78, 5) is 43.8. The molecule has 7 nitrogen and oxygen atoms in total. The third-order valence-corrected chi connectivity index (χ3v) is 6.24. The van der Waals surface area contributed by atoms with Crippen molar-refractivity contribution in [3.63, 3.8) is 0 Å². The largest absolute Gasteiger partial charge is 0.358 e. The lowest BCUT2D eigenvalue weighted by Crippen LogP contribution is -2.57. The number of rotatable bonds is 5. The maximum atomic E-state index is 13.4.